The van der Waals surface area contributed by atoms with Crippen LogP contribution < -0.4 is 22.1 Å². The van der Waals surface area contributed by atoms with Crippen LogP contribution in [0.2, 0.25) is 0 Å². The van der Waals surface area contributed by atoms with E-state index in [2.05, 4.69) is 10.6 Å². The molecule has 0 spiro atoms. The number of aliphatic hydroxyl groups is 2. The zero-order chi connectivity index (χ0) is 12.8. The Morgan fingerprint density at radius 3 is 1.38 bits per heavy atom. The number of hydrogen-bond donors (Lipinski definition) is 6. The van der Waals surface area contributed by atoms with Crippen molar-refractivity contribution >= 4 is 0 Å². The van der Waals surface area contributed by atoms with Gasteiger partial charge in [0.05, 0.1) is 12.2 Å². The molecule has 16 heavy (non-hydrogen) atoms. The minimum absolute atomic E-state index is 0.262. The Labute approximate surface area is 98.4 Å². The SMILES string of the molecule is CC(O)CNCCN.CC(O)CNCCN. The van der Waals surface area contributed by atoms with Gasteiger partial charge in [-0.2, -0.15) is 0 Å². The quantitative estimate of drug-likeness (QED) is 0.267. The molecule has 2 unspecified atom stereocenters. The lowest BCUT2D eigenvalue weighted by atomic mass is 10.4. The Kier molecular flexibility index (Phi) is 16.7. The second-order valence-corrected chi connectivity index (χ2v) is 3.68. The molecule has 0 aromatic carbocycles. The highest BCUT2D eigenvalue weighted by molar-refractivity contribution is 4.52. The molecule has 0 bridgehead atoms. The third-order valence-corrected chi connectivity index (χ3v) is 1.52. The summed E-state index contributed by atoms with van der Waals surface area (Å²) in [5, 5.41) is 23.3. The summed E-state index contributed by atoms with van der Waals surface area (Å²) in [6, 6.07) is 0. The van der Waals surface area contributed by atoms with Crippen molar-refractivity contribution in [1.82, 2.24) is 10.6 Å². The van der Waals surface area contributed by atoms with Crippen molar-refractivity contribution in [3.05, 3.63) is 0 Å². The molecule has 0 fully saturated rings. The van der Waals surface area contributed by atoms with Crippen molar-refractivity contribution in [3.63, 3.8) is 0 Å². The zero-order valence-electron chi connectivity index (χ0n) is 10.4. The van der Waals surface area contributed by atoms with Crippen molar-refractivity contribution in [1.29, 1.82) is 0 Å². The maximum absolute atomic E-state index is 8.68. The third kappa shape index (κ3) is 23.5. The van der Waals surface area contributed by atoms with Gasteiger partial charge in [-0.25, -0.2) is 0 Å². The Bertz CT molecular complexity index is 109. The largest absolute Gasteiger partial charge is 0.392 e. The smallest absolute Gasteiger partial charge is 0.0636 e. The standard InChI is InChI=1S/2C5H14N2O/c2*1-5(8)4-7-3-2-6/h2*5,7-8H,2-4,6H2,1H3. The summed E-state index contributed by atoms with van der Waals surface area (Å²) >= 11 is 0. The van der Waals surface area contributed by atoms with Crippen LogP contribution in [0.15, 0.2) is 0 Å². The Hall–Kier alpha value is -0.240. The molecule has 0 amide bonds. The van der Waals surface area contributed by atoms with E-state index in [4.69, 9.17) is 21.7 Å². The van der Waals surface area contributed by atoms with Gasteiger partial charge in [0.25, 0.3) is 0 Å². The third-order valence-electron chi connectivity index (χ3n) is 1.52. The first-order valence-corrected chi connectivity index (χ1v) is 5.72. The fraction of sp³-hybridized carbons (Fsp3) is 1.00. The number of nitrogens with one attached hydrogen (secondary N) is 2. The van der Waals surface area contributed by atoms with E-state index < -0.39 is 0 Å². The van der Waals surface area contributed by atoms with Gasteiger partial charge < -0.3 is 32.3 Å². The summed E-state index contributed by atoms with van der Waals surface area (Å²) in [6.07, 6.45) is -0.525. The van der Waals surface area contributed by atoms with Gasteiger partial charge in [-0.05, 0) is 13.8 Å². The number of nitrogens with two attached hydrogens (primary N) is 2. The summed E-state index contributed by atoms with van der Waals surface area (Å²) in [6.45, 7) is 7.58. The van der Waals surface area contributed by atoms with Crippen LogP contribution in [0, 0.1) is 0 Å². The Morgan fingerprint density at radius 2 is 1.19 bits per heavy atom. The van der Waals surface area contributed by atoms with Crippen LogP contribution >= 0.6 is 0 Å². The molecular formula is C10H28N4O2. The minimum atomic E-state index is -0.262. The average molecular weight is 236 g/mol. The van der Waals surface area contributed by atoms with E-state index in [9.17, 15) is 0 Å². The highest BCUT2D eigenvalue weighted by Crippen LogP contribution is 1.72. The van der Waals surface area contributed by atoms with E-state index in [1.165, 1.54) is 0 Å². The molecule has 6 nitrogen and oxygen atoms in total. The average Bonchev–Trinajstić information content (AvgIpc) is 2.18. The van der Waals surface area contributed by atoms with Crippen LogP contribution in [0.3, 0.4) is 0 Å². The van der Waals surface area contributed by atoms with Crippen molar-refractivity contribution in [2.24, 2.45) is 11.5 Å². The van der Waals surface area contributed by atoms with Gasteiger partial charge in [-0.3, -0.25) is 0 Å². The number of rotatable bonds is 8. The van der Waals surface area contributed by atoms with Crippen molar-refractivity contribution in [2.45, 2.75) is 26.1 Å². The summed E-state index contributed by atoms with van der Waals surface area (Å²) in [4.78, 5) is 0. The van der Waals surface area contributed by atoms with E-state index in [0.717, 1.165) is 13.1 Å². The first kappa shape index (κ1) is 18.1. The molecule has 0 aromatic heterocycles. The fourth-order valence-corrected chi connectivity index (χ4v) is 0.826. The van der Waals surface area contributed by atoms with Crippen molar-refractivity contribution < 1.29 is 10.2 Å². The van der Waals surface area contributed by atoms with Gasteiger partial charge in [0, 0.05) is 39.3 Å². The number of aliphatic hydroxyl groups excluding tert-OH is 2. The molecule has 8 N–H and O–H groups in total. The molecule has 100 valence electrons. The molecule has 2 atom stereocenters. The van der Waals surface area contributed by atoms with Crippen LogP contribution in [0.4, 0.5) is 0 Å². The molecule has 0 aromatic rings. The Balaban J connectivity index is 0. The van der Waals surface area contributed by atoms with Crippen LogP contribution in [-0.4, -0.2) is 61.7 Å². The molecular weight excluding hydrogens is 208 g/mol. The molecule has 0 aliphatic carbocycles. The Morgan fingerprint density at radius 1 is 0.875 bits per heavy atom. The van der Waals surface area contributed by atoms with E-state index in [-0.39, 0.29) is 12.2 Å². The number of hydrogen-bond acceptors (Lipinski definition) is 6. The van der Waals surface area contributed by atoms with Crippen LogP contribution in [0.25, 0.3) is 0 Å². The lowest BCUT2D eigenvalue weighted by molar-refractivity contribution is 0.191. The first-order chi connectivity index (χ1) is 7.54. The predicted octanol–water partition coefficient (Wildman–Crippen LogP) is -2.17. The molecule has 0 saturated heterocycles. The lowest BCUT2D eigenvalue weighted by Crippen LogP contribution is -2.29. The van der Waals surface area contributed by atoms with Gasteiger partial charge >= 0.3 is 0 Å². The van der Waals surface area contributed by atoms with E-state index >= 15 is 0 Å². The fourth-order valence-electron chi connectivity index (χ4n) is 0.826. The van der Waals surface area contributed by atoms with E-state index in [1.54, 1.807) is 13.8 Å². The topological polar surface area (TPSA) is 117 Å². The molecule has 0 aliphatic heterocycles. The minimum Gasteiger partial charge on any atom is -0.392 e. The summed E-state index contributed by atoms with van der Waals surface area (Å²) < 4.78 is 0. The molecule has 0 radical (unpaired) electrons. The summed E-state index contributed by atoms with van der Waals surface area (Å²) in [5.74, 6) is 0. The normalized spacial score (nSPS) is 13.9. The van der Waals surface area contributed by atoms with Crippen molar-refractivity contribution in [2.75, 3.05) is 39.3 Å². The predicted molar refractivity (Wildman–Crippen MR) is 67.2 cm³/mol. The lowest BCUT2D eigenvalue weighted by Gasteiger charge is -2.03. The molecule has 6 heteroatoms. The summed E-state index contributed by atoms with van der Waals surface area (Å²) in [7, 11) is 0. The van der Waals surface area contributed by atoms with E-state index in [0.29, 0.717) is 26.2 Å². The monoisotopic (exact) mass is 236 g/mol. The van der Waals surface area contributed by atoms with Gasteiger partial charge in [-0.15, -0.1) is 0 Å². The molecule has 0 saturated carbocycles. The maximum atomic E-state index is 8.68. The molecule has 0 heterocycles. The first-order valence-electron chi connectivity index (χ1n) is 5.72. The maximum Gasteiger partial charge on any atom is 0.0636 e. The van der Waals surface area contributed by atoms with Gasteiger partial charge in [-0.1, -0.05) is 0 Å². The second kappa shape index (κ2) is 14.8. The van der Waals surface area contributed by atoms with Crippen LogP contribution in [-0.2, 0) is 0 Å². The second-order valence-electron chi connectivity index (χ2n) is 3.68. The molecule has 0 aliphatic rings. The van der Waals surface area contributed by atoms with Crippen molar-refractivity contribution in [3.8, 4) is 0 Å². The van der Waals surface area contributed by atoms with Gasteiger partial charge in [0.2, 0.25) is 0 Å². The molecule has 0 rings (SSSR count). The van der Waals surface area contributed by atoms with Gasteiger partial charge in [0.15, 0.2) is 0 Å². The van der Waals surface area contributed by atoms with Crippen LogP contribution in [0.1, 0.15) is 13.8 Å². The zero-order valence-corrected chi connectivity index (χ0v) is 10.4. The summed E-state index contributed by atoms with van der Waals surface area (Å²) in [5.41, 5.74) is 10.3. The van der Waals surface area contributed by atoms with Crippen LogP contribution in [0.5, 0.6) is 0 Å². The van der Waals surface area contributed by atoms with Gasteiger partial charge in [0.1, 0.15) is 0 Å². The van der Waals surface area contributed by atoms with E-state index in [1.807, 2.05) is 0 Å². The highest BCUT2D eigenvalue weighted by Gasteiger charge is 1.90. The highest BCUT2D eigenvalue weighted by atomic mass is 16.3.